The van der Waals surface area contributed by atoms with Crippen LogP contribution in [0, 0.1) is 19.8 Å². The van der Waals surface area contributed by atoms with E-state index < -0.39 is 0 Å². The Morgan fingerprint density at radius 3 is 2.54 bits per heavy atom. The second-order valence-corrected chi connectivity index (χ2v) is 7.91. The summed E-state index contributed by atoms with van der Waals surface area (Å²) in [5.41, 5.74) is 4.33. The fourth-order valence-corrected chi connectivity index (χ4v) is 2.88. The van der Waals surface area contributed by atoms with Crippen LogP contribution in [-0.2, 0) is 10.2 Å². The Bertz CT molecular complexity index is 764. The molecule has 1 aromatic heterocycles. The highest BCUT2D eigenvalue weighted by Gasteiger charge is 2.27. The summed E-state index contributed by atoms with van der Waals surface area (Å²) in [4.78, 5) is 12.4. The molecule has 128 valence electrons. The van der Waals surface area contributed by atoms with Crippen molar-refractivity contribution in [1.82, 2.24) is 9.78 Å². The molecule has 0 saturated heterocycles. The van der Waals surface area contributed by atoms with E-state index in [1.54, 1.807) is 0 Å². The van der Waals surface area contributed by atoms with E-state index in [1.807, 2.05) is 16.8 Å². The highest BCUT2D eigenvalue weighted by atomic mass is 16.2. The summed E-state index contributed by atoms with van der Waals surface area (Å²) >= 11 is 0. The van der Waals surface area contributed by atoms with Gasteiger partial charge in [-0.25, -0.2) is 4.68 Å². The molecule has 3 rings (SSSR count). The van der Waals surface area contributed by atoms with Crippen molar-refractivity contribution in [1.29, 1.82) is 0 Å². The molecule has 1 saturated carbocycles. The predicted octanol–water partition coefficient (Wildman–Crippen LogP) is 4.53. The van der Waals surface area contributed by atoms with E-state index in [0.29, 0.717) is 0 Å². The molecule has 1 N–H and O–H groups in total. The maximum Gasteiger partial charge on any atom is 0.228 e. The summed E-state index contributed by atoms with van der Waals surface area (Å²) in [6.45, 7) is 10.6. The van der Waals surface area contributed by atoms with Crippen LogP contribution in [0.5, 0.6) is 0 Å². The standard InChI is InChI=1S/C20H27N3O/c1-13-8-6-11-16(14(13)2)23-18(12-17(22-23)20(3,4)5)21-19(24)15-9-7-10-15/h6,8,11-12,15H,7,9-10H2,1-5H3,(H,21,24). The lowest BCUT2D eigenvalue weighted by atomic mass is 9.85. The van der Waals surface area contributed by atoms with Crippen LogP contribution in [0.1, 0.15) is 56.9 Å². The second kappa shape index (κ2) is 6.08. The number of hydrogen-bond acceptors (Lipinski definition) is 2. The zero-order valence-corrected chi connectivity index (χ0v) is 15.3. The van der Waals surface area contributed by atoms with Crippen LogP contribution >= 0.6 is 0 Å². The minimum atomic E-state index is -0.0705. The molecule has 1 aromatic carbocycles. The van der Waals surface area contributed by atoms with Crippen molar-refractivity contribution in [2.24, 2.45) is 5.92 Å². The Morgan fingerprint density at radius 2 is 1.96 bits per heavy atom. The van der Waals surface area contributed by atoms with Crippen molar-refractivity contribution in [2.75, 3.05) is 5.32 Å². The third-order valence-electron chi connectivity index (χ3n) is 5.01. The first-order valence-corrected chi connectivity index (χ1v) is 8.75. The van der Waals surface area contributed by atoms with Crippen molar-refractivity contribution in [2.45, 2.75) is 59.3 Å². The highest BCUT2D eigenvalue weighted by Crippen LogP contribution is 2.31. The normalized spacial score (nSPS) is 15.2. The van der Waals surface area contributed by atoms with Crippen LogP contribution in [-0.4, -0.2) is 15.7 Å². The average molecular weight is 325 g/mol. The van der Waals surface area contributed by atoms with Gasteiger partial charge in [0.1, 0.15) is 5.82 Å². The minimum Gasteiger partial charge on any atom is -0.310 e. The first-order valence-electron chi connectivity index (χ1n) is 8.75. The first-order chi connectivity index (χ1) is 11.3. The average Bonchev–Trinajstić information content (AvgIpc) is 2.83. The fourth-order valence-electron chi connectivity index (χ4n) is 2.88. The summed E-state index contributed by atoms with van der Waals surface area (Å²) in [6.07, 6.45) is 3.15. The monoisotopic (exact) mass is 325 g/mol. The third-order valence-corrected chi connectivity index (χ3v) is 5.01. The van der Waals surface area contributed by atoms with E-state index in [4.69, 9.17) is 5.10 Å². The summed E-state index contributed by atoms with van der Waals surface area (Å²) in [7, 11) is 0. The van der Waals surface area contributed by atoms with Gasteiger partial charge in [-0.1, -0.05) is 39.3 Å². The largest absolute Gasteiger partial charge is 0.310 e. The molecule has 0 atom stereocenters. The van der Waals surface area contributed by atoms with E-state index in [1.165, 1.54) is 11.1 Å². The van der Waals surface area contributed by atoms with E-state index in [-0.39, 0.29) is 17.2 Å². The number of carbonyl (C=O) groups excluding carboxylic acids is 1. The van der Waals surface area contributed by atoms with Crippen molar-refractivity contribution in [3.05, 3.63) is 41.1 Å². The third kappa shape index (κ3) is 3.10. The van der Waals surface area contributed by atoms with Crippen LogP contribution in [0.15, 0.2) is 24.3 Å². The van der Waals surface area contributed by atoms with Crippen molar-refractivity contribution >= 4 is 11.7 Å². The van der Waals surface area contributed by atoms with Crippen molar-refractivity contribution in [3.63, 3.8) is 0 Å². The molecule has 1 aliphatic carbocycles. The Hall–Kier alpha value is -2.10. The van der Waals surface area contributed by atoms with Gasteiger partial charge in [0.2, 0.25) is 5.91 Å². The maximum absolute atomic E-state index is 12.4. The molecule has 0 radical (unpaired) electrons. The number of rotatable bonds is 3. The molecule has 0 bridgehead atoms. The number of nitrogens with one attached hydrogen (secondary N) is 1. The van der Waals surface area contributed by atoms with Crippen LogP contribution in [0.2, 0.25) is 0 Å². The van der Waals surface area contributed by atoms with E-state index in [2.05, 4.69) is 52.1 Å². The lowest BCUT2D eigenvalue weighted by molar-refractivity contribution is -0.122. The molecule has 1 heterocycles. The SMILES string of the molecule is Cc1cccc(-n2nc(C(C)(C)C)cc2NC(=O)C2CCC2)c1C. The van der Waals surface area contributed by atoms with Gasteiger partial charge in [-0.05, 0) is 43.9 Å². The predicted molar refractivity (Wildman–Crippen MR) is 97.7 cm³/mol. The van der Waals surface area contributed by atoms with Crippen LogP contribution in [0.4, 0.5) is 5.82 Å². The lowest BCUT2D eigenvalue weighted by Gasteiger charge is -2.24. The molecule has 1 amide bonds. The number of aromatic nitrogens is 2. The highest BCUT2D eigenvalue weighted by molar-refractivity contribution is 5.92. The Labute approximate surface area is 144 Å². The number of nitrogens with zero attached hydrogens (tertiary/aromatic N) is 2. The smallest absolute Gasteiger partial charge is 0.228 e. The summed E-state index contributed by atoms with van der Waals surface area (Å²) < 4.78 is 1.89. The molecule has 24 heavy (non-hydrogen) atoms. The molecule has 1 fully saturated rings. The second-order valence-electron chi connectivity index (χ2n) is 7.91. The number of hydrogen-bond donors (Lipinski definition) is 1. The van der Waals surface area contributed by atoms with Gasteiger partial charge in [-0.2, -0.15) is 5.10 Å². The van der Waals surface area contributed by atoms with Crippen LogP contribution in [0.25, 0.3) is 5.69 Å². The van der Waals surface area contributed by atoms with Crippen LogP contribution in [0.3, 0.4) is 0 Å². The van der Waals surface area contributed by atoms with Gasteiger partial charge < -0.3 is 5.32 Å². The zero-order chi connectivity index (χ0) is 17.5. The summed E-state index contributed by atoms with van der Waals surface area (Å²) in [5.74, 6) is 1.05. The minimum absolute atomic E-state index is 0.0705. The van der Waals surface area contributed by atoms with Gasteiger partial charge >= 0.3 is 0 Å². The number of amides is 1. The Kier molecular flexibility index (Phi) is 4.24. The van der Waals surface area contributed by atoms with Gasteiger partial charge in [0.15, 0.2) is 0 Å². The maximum atomic E-state index is 12.4. The summed E-state index contributed by atoms with van der Waals surface area (Å²) in [5, 5.41) is 7.92. The van der Waals surface area contributed by atoms with E-state index in [0.717, 1.165) is 36.5 Å². The quantitative estimate of drug-likeness (QED) is 0.901. The van der Waals surface area contributed by atoms with E-state index in [9.17, 15) is 4.79 Å². The van der Waals surface area contributed by atoms with Gasteiger partial charge in [0.25, 0.3) is 0 Å². The molecule has 0 aliphatic heterocycles. The Morgan fingerprint density at radius 1 is 1.25 bits per heavy atom. The molecule has 1 aliphatic rings. The van der Waals surface area contributed by atoms with E-state index >= 15 is 0 Å². The molecular formula is C20H27N3O. The first kappa shape index (κ1) is 16.7. The lowest BCUT2D eigenvalue weighted by Crippen LogP contribution is -2.29. The van der Waals surface area contributed by atoms with Gasteiger partial charge in [0.05, 0.1) is 11.4 Å². The van der Waals surface area contributed by atoms with Gasteiger partial charge in [-0.15, -0.1) is 0 Å². The molecule has 0 spiro atoms. The fraction of sp³-hybridized carbons (Fsp3) is 0.500. The molecular weight excluding hydrogens is 298 g/mol. The molecule has 4 heteroatoms. The van der Waals surface area contributed by atoms with Crippen molar-refractivity contribution < 1.29 is 4.79 Å². The number of carbonyl (C=O) groups is 1. The summed E-state index contributed by atoms with van der Waals surface area (Å²) in [6, 6.07) is 8.20. The molecule has 2 aromatic rings. The molecule has 0 unspecified atom stereocenters. The Balaban J connectivity index is 2.04. The van der Waals surface area contributed by atoms with Gasteiger partial charge in [-0.3, -0.25) is 4.79 Å². The molecule has 4 nitrogen and oxygen atoms in total. The number of aryl methyl sites for hydroxylation is 1. The number of anilines is 1. The zero-order valence-electron chi connectivity index (χ0n) is 15.3. The van der Waals surface area contributed by atoms with Crippen molar-refractivity contribution in [3.8, 4) is 5.69 Å². The van der Waals surface area contributed by atoms with Crippen LogP contribution < -0.4 is 5.32 Å². The topological polar surface area (TPSA) is 46.9 Å². The number of benzene rings is 1. The van der Waals surface area contributed by atoms with Gasteiger partial charge in [0, 0.05) is 17.4 Å².